The summed E-state index contributed by atoms with van der Waals surface area (Å²) in [6.07, 6.45) is 2.19. The minimum atomic E-state index is -0.0823. The van der Waals surface area contributed by atoms with Crippen LogP contribution < -0.4 is 11.1 Å². The number of para-hydroxylation sites is 1. The maximum absolute atomic E-state index is 11.9. The molecular formula is C15H23BrN2O2. The summed E-state index contributed by atoms with van der Waals surface area (Å²) >= 11 is 3.22. The standard InChI is InChI=1S/C15H23BrN2O2/c1-10(2)11(8-9-17)6-7-14(19)18-13-5-3-4-12(16)15(13)20/h3-5,10-11,20H,6-9,17H2,1-2H3,(H,18,19). The summed E-state index contributed by atoms with van der Waals surface area (Å²) in [6.45, 7) is 4.95. The summed E-state index contributed by atoms with van der Waals surface area (Å²) in [7, 11) is 0. The maximum atomic E-state index is 11.9. The van der Waals surface area contributed by atoms with E-state index in [1.807, 2.05) is 0 Å². The first-order valence-corrected chi connectivity index (χ1v) is 7.72. The van der Waals surface area contributed by atoms with Crippen molar-refractivity contribution in [1.29, 1.82) is 0 Å². The Morgan fingerprint density at radius 3 is 2.70 bits per heavy atom. The third-order valence-electron chi connectivity index (χ3n) is 3.48. The summed E-state index contributed by atoms with van der Waals surface area (Å²) in [5.74, 6) is 0.955. The van der Waals surface area contributed by atoms with Gasteiger partial charge in [-0.15, -0.1) is 0 Å². The molecule has 112 valence electrons. The number of nitrogens with two attached hydrogens (primary N) is 1. The summed E-state index contributed by atoms with van der Waals surface area (Å²) in [5, 5.41) is 12.6. The van der Waals surface area contributed by atoms with Crippen molar-refractivity contribution in [3.63, 3.8) is 0 Å². The number of nitrogens with one attached hydrogen (secondary N) is 1. The first kappa shape index (κ1) is 17.0. The minimum absolute atomic E-state index is 0.0585. The lowest BCUT2D eigenvalue weighted by Gasteiger charge is -2.19. The third kappa shape index (κ3) is 5.13. The second kappa shape index (κ2) is 8.27. The quantitative estimate of drug-likeness (QED) is 0.664. The molecular weight excluding hydrogens is 320 g/mol. The topological polar surface area (TPSA) is 75.4 Å². The first-order chi connectivity index (χ1) is 9.45. The Morgan fingerprint density at radius 2 is 2.10 bits per heavy atom. The zero-order valence-electron chi connectivity index (χ0n) is 12.0. The molecule has 0 radical (unpaired) electrons. The van der Waals surface area contributed by atoms with Crippen molar-refractivity contribution in [2.45, 2.75) is 33.1 Å². The van der Waals surface area contributed by atoms with E-state index < -0.39 is 0 Å². The Kier molecular flexibility index (Phi) is 7.02. The number of anilines is 1. The first-order valence-electron chi connectivity index (χ1n) is 6.93. The van der Waals surface area contributed by atoms with Crippen molar-refractivity contribution >= 4 is 27.5 Å². The van der Waals surface area contributed by atoms with E-state index in [4.69, 9.17) is 5.73 Å². The highest BCUT2D eigenvalue weighted by Gasteiger charge is 2.15. The lowest BCUT2D eigenvalue weighted by Crippen LogP contribution is -2.18. The number of benzene rings is 1. The van der Waals surface area contributed by atoms with Crippen molar-refractivity contribution in [1.82, 2.24) is 0 Å². The van der Waals surface area contributed by atoms with Crippen LogP contribution in [0.2, 0.25) is 0 Å². The highest BCUT2D eigenvalue weighted by Crippen LogP contribution is 2.31. The predicted molar refractivity (Wildman–Crippen MR) is 85.7 cm³/mol. The van der Waals surface area contributed by atoms with Gasteiger partial charge in [0.25, 0.3) is 0 Å². The van der Waals surface area contributed by atoms with Crippen molar-refractivity contribution in [2.75, 3.05) is 11.9 Å². The molecule has 0 saturated carbocycles. The molecule has 0 bridgehead atoms. The molecule has 1 rings (SSSR count). The van der Waals surface area contributed by atoms with Crippen molar-refractivity contribution in [3.05, 3.63) is 22.7 Å². The number of hydrogen-bond acceptors (Lipinski definition) is 3. The summed E-state index contributed by atoms with van der Waals surface area (Å²) in [5.41, 5.74) is 6.03. The van der Waals surface area contributed by atoms with Gasteiger partial charge in [-0.2, -0.15) is 0 Å². The molecule has 0 aliphatic carbocycles. The monoisotopic (exact) mass is 342 g/mol. The molecule has 1 aromatic carbocycles. The number of carbonyl (C=O) groups is 1. The Labute approximate surface area is 128 Å². The highest BCUT2D eigenvalue weighted by molar-refractivity contribution is 9.10. The Balaban J connectivity index is 2.53. The smallest absolute Gasteiger partial charge is 0.224 e. The fourth-order valence-corrected chi connectivity index (χ4v) is 2.54. The molecule has 0 saturated heterocycles. The molecule has 5 heteroatoms. The molecule has 1 atom stereocenters. The number of aromatic hydroxyl groups is 1. The van der Waals surface area contributed by atoms with Gasteiger partial charge in [0.05, 0.1) is 10.2 Å². The molecule has 0 aromatic heterocycles. The van der Waals surface area contributed by atoms with Gasteiger partial charge in [-0.05, 0) is 59.3 Å². The van der Waals surface area contributed by atoms with Gasteiger partial charge >= 0.3 is 0 Å². The molecule has 1 amide bonds. The van der Waals surface area contributed by atoms with Crippen molar-refractivity contribution in [2.24, 2.45) is 17.6 Å². The van der Waals surface area contributed by atoms with Crippen LogP contribution >= 0.6 is 15.9 Å². The Morgan fingerprint density at radius 1 is 1.40 bits per heavy atom. The average Bonchev–Trinajstić information content (AvgIpc) is 2.39. The second-order valence-electron chi connectivity index (χ2n) is 5.30. The van der Waals surface area contributed by atoms with Gasteiger partial charge in [-0.3, -0.25) is 4.79 Å². The molecule has 20 heavy (non-hydrogen) atoms. The van der Waals surface area contributed by atoms with Gasteiger partial charge in [-0.1, -0.05) is 19.9 Å². The zero-order valence-corrected chi connectivity index (χ0v) is 13.6. The fraction of sp³-hybridized carbons (Fsp3) is 0.533. The van der Waals surface area contributed by atoms with Gasteiger partial charge in [-0.25, -0.2) is 0 Å². The van der Waals surface area contributed by atoms with Crippen LogP contribution in [0, 0.1) is 11.8 Å². The van der Waals surface area contributed by atoms with Gasteiger partial charge in [0.2, 0.25) is 5.91 Å². The van der Waals surface area contributed by atoms with Gasteiger partial charge in [0.15, 0.2) is 5.75 Å². The van der Waals surface area contributed by atoms with E-state index in [2.05, 4.69) is 35.1 Å². The molecule has 1 aromatic rings. The molecule has 0 aliphatic rings. The van der Waals surface area contributed by atoms with E-state index >= 15 is 0 Å². The van der Waals surface area contributed by atoms with Crippen LogP contribution in [0.4, 0.5) is 5.69 Å². The number of amides is 1. The van der Waals surface area contributed by atoms with Crippen LogP contribution in [-0.4, -0.2) is 17.6 Å². The molecule has 4 nitrogen and oxygen atoms in total. The molecule has 0 aliphatic heterocycles. The van der Waals surface area contributed by atoms with E-state index in [0.29, 0.717) is 35.0 Å². The Hall–Kier alpha value is -1.07. The van der Waals surface area contributed by atoms with E-state index in [0.717, 1.165) is 12.8 Å². The van der Waals surface area contributed by atoms with Crippen LogP contribution in [0.15, 0.2) is 22.7 Å². The lowest BCUT2D eigenvalue weighted by molar-refractivity contribution is -0.116. The number of rotatable bonds is 7. The molecule has 4 N–H and O–H groups in total. The maximum Gasteiger partial charge on any atom is 0.224 e. The largest absolute Gasteiger partial charge is 0.505 e. The van der Waals surface area contributed by atoms with E-state index in [1.165, 1.54) is 0 Å². The summed E-state index contributed by atoms with van der Waals surface area (Å²) in [4.78, 5) is 11.9. The van der Waals surface area contributed by atoms with Crippen molar-refractivity contribution < 1.29 is 9.90 Å². The van der Waals surface area contributed by atoms with Crippen molar-refractivity contribution in [3.8, 4) is 5.75 Å². The number of phenolic OH excluding ortho intramolecular Hbond substituents is 1. The Bertz CT molecular complexity index is 449. The highest BCUT2D eigenvalue weighted by atomic mass is 79.9. The van der Waals surface area contributed by atoms with E-state index in [1.54, 1.807) is 18.2 Å². The SMILES string of the molecule is CC(C)C(CCN)CCC(=O)Nc1cccc(Br)c1O. The molecule has 0 fully saturated rings. The van der Waals surface area contributed by atoms with E-state index in [-0.39, 0.29) is 11.7 Å². The molecule has 0 spiro atoms. The summed E-state index contributed by atoms with van der Waals surface area (Å²) < 4.78 is 0.568. The summed E-state index contributed by atoms with van der Waals surface area (Å²) in [6, 6.07) is 5.17. The number of carbonyl (C=O) groups excluding carboxylic acids is 1. The van der Waals surface area contributed by atoms with E-state index in [9.17, 15) is 9.90 Å². The normalized spacial score (nSPS) is 12.4. The number of phenols is 1. The predicted octanol–water partition coefficient (Wildman–Crippen LogP) is 3.49. The van der Waals surface area contributed by atoms with Crippen LogP contribution in [-0.2, 0) is 4.79 Å². The van der Waals surface area contributed by atoms with Crippen LogP contribution in [0.1, 0.15) is 33.1 Å². The van der Waals surface area contributed by atoms with Gasteiger partial charge in [0.1, 0.15) is 0 Å². The number of halogens is 1. The van der Waals surface area contributed by atoms with Crippen LogP contribution in [0.3, 0.4) is 0 Å². The number of hydrogen-bond donors (Lipinski definition) is 3. The van der Waals surface area contributed by atoms with Gasteiger partial charge < -0.3 is 16.2 Å². The van der Waals surface area contributed by atoms with Crippen LogP contribution in [0.5, 0.6) is 5.75 Å². The van der Waals surface area contributed by atoms with Gasteiger partial charge in [0, 0.05) is 6.42 Å². The molecule has 0 heterocycles. The zero-order chi connectivity index (χ0) is 15.1. The average molecular weight is 343 g/mol. The second-order valence-corrected chi connectivity index (χ2v) is 6.16. The third-order valence-corrected chi connectivity index (χ3v) is 4.12. The fourth-order valence-electron chi connectivity index (χ4n) is 2.17. The minimum Gasteiger partial charge on any atom is -0.505 e. The van der Waals surface area contributed by atoms with Crippen LogP contribution in [0.25, 0.3) is 0 Å². The molecule has 1 unspecified atom stereocenters. The lowest BCUT2D eigenvalue weighted by atomic mass is 9.88.